The highest BCUT2D eigenvalue weighted by Gasteiger charge is 2.38. The largest absolute Gasteiger partial charge is 0.573 e. The van der Waals surface area contributed by atoms with E-state index >= 15 is 0 Å². The SMILES string of the molecule is CC(CC(CN)C(=O)O)C(C)c1cccc(OC(F)(F)F)c1OC(F)(F)F. The number of aliphatic carboxylic acids is 1. The number of carboxylic acids is 1. The molecule has 0 heterocycles. The van der Waals surface area contributed by atoms with Gasteiger partial charge in [0, 0.05) is 12.1 Å². The molecule has 0 amide bonds. The first-order valence-corrected chi connectivity index (χ1v) is 7.82. The highest BCUT2D eigenvalue weighted by molar-refractivity contribution is 5.70. The summed E-state index contributed by atoms with van der Waals surface area (Å²) in [4.78, 5) is 11.1. The molecule has 0 aliphatic heterocycles. The highest BCUT2D eigenvalue weighted by Crippen LogP contribution is 2.43. The van der Waals surface area contributed by atoms with E-state index in [2.05, 4.69) is 9.47 Å². The van der Waals surface area contributed by atoms with Crippen molar-refractivity contribution < 1.29 is 45.7 Å². The van der Waals surface area contributed by atoms with Gasteiger partial charge in [0.25, 0.3) is 0 Å². The summed E-state index contributed by atoms with van der Waals surface area (Å²) in [5, 5.41) is 9.06. The highest BCUT2D eigenvalue weighted by atomic mass is 19.4. The number of carboxylic acid groups (broad SMARTS) is 1. The van der Waals surface area contributed by atoms with Gasteiger partial charge < -0.3 is 20.3 Å². The Morgan fingerprint density at radius 2 is 1.67 bits per heavy atom. The molecule has 3 atom stereocenters. The molecule has 0 spiro atoms. The number of rotatable bonds is 8. The summed E-state index contributed by atoms with van der Waals surface area (Å²) < 4.78 is 83.1. The van der Waals surface area contributed by atoms with Crippen molar-refractivity contribution in [2.24, 2.45) is 17.6 Å². The van der Waals surface area contributed by atoms with Gasteiger partial charge in [0.15, 0.2) is 11.5 Å². The summed E-state index contributed by atoms with van der Waals surface area (Å²) in [5.41, 5.74) is 5.18. The molecule has 1 rings (SSSR count). The van der Waals surface area contributed by atoms with E-state index in [0.29, 0.717) is 6.07 Å². The van der Waals surface area contributed by atoms with Crippen LogP contribution in [0.25, 0.3) is 0 Å². The van der Waals surface area contributed by atoms with E-state index in [1.807, 2.05) is 0 Å². The van der Waals surface area contributed by atoms with E-state index in [1.54, 1.807) is 6.92 Å². The molecule has 5 nitrogen and oxygen atoms in total. The smallest absolute Gasteiger partial charge is 0.481 e. The van der Waals surface area contributed by atoms with Crippen LogP contribution in [0.1, 0.15) is 31.7 Å². The fourth-order valence-corrected chi connectivity index (χ4v) is 2.58. The summed E-state index contributed by atoms with van der Waals surface area (Å²) in [5.74, 6) is -5.65. The molecule has 0 saturated heterocycles. The van der Waals surface area contributed by atoms with Crippen LogP contribution in [0.4, 0.5) is 26.3 Å². The van der Waals surface area contributed by atoms with Crippen molar-refractivity contribution in [1.82, 2.24) is 0 Å². The number of alkyl halides is 6. The average Bonchev–Trinajstić information content (AvgIpc) is 2.50. The van der Waals surface area contributed by atoms with E-state index < -0.39 is 47.9 Å². The van der Waals surface area contributed by atoms with Gasteiger partial charge in [-0.1, -0.05) is 26.0 Å². The Morgan fingerprint density at radius 1 is 1.11 bits per heavy atom. The molecule has 1 aromatic carbocycles. The zero-order valence-electron chi connectivity index (χ0n) is 14.4. The number of hydrogen-bond donors (Lipinski definition) is 2. The van der Waals surface area contributed by atoms with E-state index in [4.69, 9.17) is 10.8 Å². The Bertz CT molecular complexity index is 647. The summed E-state index contributed by atoms with van der Waals surface area (Å²) in [6.07, 6.45) is -10.4. The van der Waals surface area contributed by atoms with E-state index in [0.717, 1.165) is 6.07 Å². The summed E-state index contributed by atoms with van der Waals surface area (Å²) in [7, 11) is 0. The van der Waals surface area contributed by atoms with E-state index in [-0.39, 0.29) is 18.5 Å². The van der Waals surface area contributed by atoms with Gasteiger partial charge in [0.05, 0.1) is 5.92 Å². The summed E-state index contributed by atoms with van der Waals surface area (Å²) in [6, 6.07) is 2.97. The van der Waals surface area contributed by atoms with E-state index in [1.165, 1.54) is 13.0 Å². The number of nitrogens with two attached hydrogens (primary N) is 1. The second-order valence-electron chi connectivity index (χ2n) is 6.04. The number of halogens is 6. The molecule has 0 bridgehead atoms. The number of carbonyl (C=O) groups is 1. The van der Waals surface area contributed by atoms with Crippen molar-refractivity contribution in [2.75, 3.05) is 6.54 Å². The molecule has 11 heteroatoms. The average molecular weight is 403 g/mol. The zero-order chi connectivity index (χ0) is 21.0. The minimum Gasteiger partial charge on any atom is -0.481 e. The Kier molecular flexibility index (Phi) is 7.35. The van der Waals surface area contributed by atoms with Crippen LogP contribution >= 0.6 is 0 Å². The fourth-order valence-electron chi connectivity index (χ4n) is 2.58. The predicted molar refractivity (Wildman–Crippen MR) is 82.2 cm³/mol. The lowest BCUT2D eigenvalue weighted by Gasteiger charge is -2.26. The van der Waals surface area contributed by atoms with Crippen LogP contribution in [0.15, 0.2) is 18.2 Å². The monoisotopic (exact) mass is 403 g/mol. The van der Waals surface area contributed by atoms with Crippen molar-refractivity contribution in [2.45, 2.75) is 38.9 Å². The van der Waals surface area contributed by atoms with Crippen LogP contribution in [0.3, 0.4) is 0 Å². The van der Waals surface area contributed by atoms with Crippen molar-refractivity contribution >= 4 is 5.97 Å². The van der Waals surface area contributed by atoms with Crippen molar-refractivity contribution in [3.63, 3.8) is 0 Å². The molecular formula is C16H19F6NO4. The lowest BCUT2D eigenvalue weighted by atomic mass is 9.82. The standard InChI is InChI=1S/C16H19F6NO4/c1-8(6-10(7-23)14(24)25)9(2)11-4-3-5-12(26-15(17,18)19)13(11)27-16(20,21)22/h3-5,8-10H,6-7,23H2,1-2H3,(H,24,25). The Hall–Kier alpha value is -2.17. The maximum absolute atomic E-state index is 12.7. The summed E-state index contributed by atoms with van der Waals surface area (Å²) in [6.45, 7) is 2.83. The van der Waals surface area contributed by atoms with Crippen LogP contribution in [0.5, 0.6) is 11.5 Å². The normalized spacial score (nSPS) is 15.7. The molecule has 27 heavy (non-hydrogen) atoms. The quantitative estimate of drug-likeness (QED) is 0.634. The first kappa shape index (κ1) is 22.9. The van der Waals surface area contributed by atoms with Crippen LogP contribution in [-0.2, 0) is 4.79 Å². The van der Waals surface area contributed by atoms with Gasteiger partial charge in [-0.3, -0.25) is 4.79 Å². The van der Waals surface area contributed by atoms with Crippen molar-refractivity contribution in [3.8, 4) is 11.5 Å². The van der Waals surface area contributed by atoms with Gasteiger partial charge in [-0.2, -0.15) is 0 Å². The van der Waals surface area contributed by atoms with Gasteiger partial charge >= 0.3 is 18.7 Å². The minimum absolute atomic E-state index is 0.0167. The number of ether oxygens (including phenoxy) is 2. The molecule has 154 valence electrons. The molecular weight excluding hydrogens is 384 g/mol. The van der Waals surface area contributed by atoms with Crippen LogP contribution in [0.2, 0.25) is 0 Å². The second kappa shape index (κ2) is 8.68. The summed E-state index contributed by atoms with van der Waals surface area (Å²) >= 11 is 0. The lowest BCUT2D eigenvalue weighted by molar-refractivity contribution is -0.287. The molecule has 0 saturated carbocycles. The second-order valence-corrected chi connectivity index (χ2v) is 6.04. The first-order valence-electron chi connectivity index (χ1n) is 7.82. The molecule has 0 radical (unpaired) electrons. The number of para-hydroxylation sites is 1. The third-order valence-corrected chi connectivity index (χ3v) is 4.09. The van der Waals surface area contributed by atoms with Crippen LogP contribution in [0, 0.1) is 11.8 Å². The maximum atomic E-state index is 12.7. The maximum Gasteiger partial charge on any atom is 0.573 e. The first-order chi connectivity index (χ1) is 12.2. The molecule has 1 aromatic rings. The molecule has 3 N–H and O–H groups in total. The fraction of sp³-hybridized carbons (Fsp3) is 0.562. The third-order valence-electron chi connectivity index (χ3n) is 4.09. The zero-order valence-corrected chi connectivity index (χ0v) is 14.4. The Balaban J connectivity index is 3.27. The van der Waals surface area contributed by atoms with Gasteiger partial charge in [-0.25, -0.2) is 0 Å². The molecule has 0 aliphatic carbocycles. The van der Waals surface area contributed by atoms with E-state index in [9.17, 15) is 31.1 Å². The van der Waals surface area contributed by atoms with Gasteiger partial charge in [0.2, 0.25) is 0 Å². The molecule has 0 fully saturated rings. The van der Waals surface area contributed by atoms with Gasteiger partial charge in [-0.05, 0) is 24.3 Å². The Morgan fingerprint density at radius 3 is 2.11 bits per heavy atom. The topological polar surface area (TPSA) is 81.8 Å². The Labute approximate surface area is 151 Å². The van der Waals surface area contributed by atoms with Crippen molar-refractivity contribution in [3.05, 3.63) is 23.8 Å². The van der Waals surface area contributed by atoms with Crippen LogP contribution in [-0.4, -0.2) is 30.3 Å². The molecule has 0 aliphatic rings. The lowest BCUT2D eigenvalue weighted by Crippen LogP contribution is -2.27. The third kappa shape index (κ3) is 7.16. The van der Waals surface area contributed by atoms with Crippen LogP contribution < -0.4 is 15.2 Å². The van der Waals surface area contributed by atoms with Gasteiger partial charge in [0.1, 0.15) is 0 Å². The number of benzene rings is 1. The number of hydrogen-bond acceptors (Lipinski definition) is 4. The minimum atomic E-state index is -5.25. The van der Waals surface area contributed by atoms with Gasteiger partial charge in [-0.15, -0.1) is 26.3 Å². The molecule has 0 aromatic heterocycles. The van der Waals surface area contributed by atoms with Crippen molar-refractivity contribution in [1.29, 1.82) is 0 Å². The molecule has 3 unspecified atom stereocenters. The predicted octanol–water partition coefficient (Wildman–Crippen LogP) is 4.27.